The zero-order valence-corrected chi connectivity index (χ0v) is 16.9. The predicted molar refractivity (Wildman–Crippen MR) is 115 cm³/mol. The molecule has 0 radical (unpaired) electrons. The summed E-state index contributed by atoms with van der Waals surface area (Å²) in [4.78, 5) is 31.2. The molecule has 0 spiro atoms. The molecule has 2 aromatic heterocycles. The second kappa shape index (κ2) is 8.55. The Balaban J connectivity index is 1.72. The van der Waals surface area contributed by atoms with E-state index in [0.29, 0.717) is 23.7 Å². The monoisotopic (exact) mass is 407 g/mol. The number of amides is 1. The van der Waals surface area contributed by atoms with Crippen LogP contribution in [0.1, 0.15) is 22.2 Å². The van der Waals surface area contributed by atoms with E-state index < -0.39 is 0 Å². The predicted octanol–water partition coefficient (Wildman–Crippen LogP) is 3.84. The number of aromatic nitrogens is 1. The lowest BCUT2D eigenvalue weighted by molar-refractivity contribution is -0.114. The van der Waals surface area contributed by atoms with Gasteiger partial charge in [0.15, 0.2) is 0 Å². The first-order valence-electron chi connectivity index (χ1n) is 9.41. The molecule has 4 rings (SSSR count). The molecule has 1 amide bonds. The second-order valence-electron chi connectivity index (χ2n) is 6.75. The Bertz CT molecular complexity index is 1010. The van der Waals surface area contributed by atoms with Gasteiger partial charge in [-0.1, -0.05) is 12.1 Å². The summed E-state index contributed by atoms with van der Waals surface area (Å²) in [5, 5.41) is 3.85. The summed E-state index contributed by atoms with van der Waals surface area (Å²) in [5.41, 5.74) is 3.40. The van der Waals surface area contributed by atoms with Crippen LogP contribution < -0.4 is 10.2 Å². The van der Waals surface area contributed by atoms with Crippen molar-refractivity contribution < 1.29 is 14.3 Å². The molecule has 29 heavy (non-hydrogen) atoms. The molecule has 1 aliphatic rings. The number of anilines is 2. The lowest BCUT2D eigenvalue weighted by atomic mass is 10.0. The standard InChI is InChI=1S/C22H21N3O3S/c1-15(26)24-18-4-2-16(3-5-18)19-14-20(21(27)17-6-8-23-9-7-17)29-22(19)25-10-12-28-13-11-25/h2-9,14H,10-13H2,1H3,(H,24,26). The molecule has 0 bridgehead atoms. The zero-order valence-electron chi connectivity index (χ0n) is 16.1. The molecule has 6 nitrogen and oxygen atoms in total. The first-order valence-corrected chi connectivity index (χ1v) is 10.2. The first-order chi connectivity index (χ1) is 14.1. The number of nitrogens with one attached hydrogen (secondary N) is 1. The smallest absolute Gasteiger partial charge is 0.221 e. The zero-order chi connectivity index (χ0) is 20.2. The van der Waals surface area contributed by atoms with Gasteiger partial charge < -0.3 is 15.0 Å². The fourth-order valence-corrected chi connectivity index (χ4v) is 4.48. The van der Waals surface area contributed by atoms with Crippen LogP contribution in [0.3, 0.4) is 0 Å². The Morgan fingerprint density at radius 3 is 2.41 bits per heavy atom. The number of nitrogens with zero attached hydrogens (tertiary/aromatic N) is 2. The van der Waals surface area contributed by atoms with Crippen LogP contribution in [0.15, 0.2) is 54.9 Å². The van der Waals surface area contributed by atoms with Crippen LogP contribution in [-0.2, 0) is 9.53 Å². The van der Waals surface area contributed by atoms with Gasteiger partial charge in [-0.2, -0.15) is 0 Å². The number of hydrogen-bond donors (Lipinski definition) is 1. The van der Waals surface area contributed by atoms with Crippen molar-refractivity contribution in [2.45, 2.75) is 6.92 Å². The number of carbonyl (C=O) groups excluding carboxylic acids is 2. The Labute approximate surface area is 173 Å². The molecule has 1 N–H and O–H groups in total. The molecule has 1 aromatic carbocycles. The molecule has 1 saturated heterocycles. The summed E-state index contributed by atoms with van der Waals surface area (Å²) < 4.78 is 5.49. The number of carbonyl (C=O) groups is 2. The van der Waals surface area contributed by atoms with E-state index in [0.717, 1.165) is 34.9 Å². The lowest BCUT2D eigenvalue weighted by Crippen LogP contribution is -2.35. The van der Waals surface area contributed by atoms with Gasteiger partial charge in [0, 0.05) is 49.2 Å². The molecule has 3 heterocycles. The topological polar surface area (TPSA) is 71.5 Å². The van der Waals surface area contributed by atoms with E-state index in [4.69, 9.17) is 4.74 Å². The third kappa shape index (κ3) is 4.36. The third-order valence-corrected chi connectivity index (χ3v) is 5.89. The minimum absolute atomic E-state index is 0.00646. The number of ether oxygens (including phenoxy) is 1. The number of morpholine rings is 1. The van der Waals surface area contributed by atoms with E-state index in [1.807, 2.05) is 30.3 Å². The molecule has 1 fully saturated rings. The van der Waals surface area contributed by atoms with E-state index in [-0.39, 0.29) is 11.7 Å². The summed E-state index contributed by atoms with van der Waals surface area (Å²) >= 11 is 1.51. The average molecular weight is 407 g/mol. The van der Waals surface area contributed by atoms with Crippen molar-refractivity contribution in [2.75, 3.05) is 36.5 Å². The molecule has 3 aromatic rings. The summed E-state index contributed by atoms with van der Waals surface area (Å²) in [6.07, 6.45) is 3.26. The first kappa shape index (κ1) is 19.3. The van der Waals surface area contributed by atoms with Crippen LogP contribution >= 0.6 is 11.3 Å². The van der Waals surface area contributed by atoms with Crippen molar-refractivity contribution in [1.29, 1.82) is 0 Å². The highest BCUT2D eigenvalue weighted by Crippen LogP contribution is 2.40. The highest BCUT2D eigenvalue weighted by Gasteiger charge is 2.22. The van der Waals surface area contributed by atoms with Gasteiger partial charge >= 0.3 is 0 Å². The maximum absolute atomic E-state index is 13.0. The van der Waals surface area contributed by atoms with Crippen molar-refractivity contribution in [3.05, 3.63) is 65.3 Å². The fourth-order valence-electron chi connectivity index (χ4n) is 3.28. The van der Waals surface area contributed by atoms with Gasteiger partial charge in [0.2, 0.25) is 11.7 Å². The molecule has 0 saturated carbocycles. The SMILES string of the molecule is CC(=O)Nc1ccc(-c2cc(C(=O)c3ccncc3)sc2N2CCOCC2)cc1. The van der Waals surface area contributed by atoms with Gasteiger partial charge in [0.05, 0.1) is 23.1 Å². The molecule has 0 atom stereocenters. The molecule has 0 unspecified atom stereocenters. The van der Waals surface area contributed by atoms with Crippen LogP contribution in [0.2, 0.25) is 0 Å². The largest absolute Gasteiger partial charge is 0.378 e. The van der Waals surface area contributed by atoms with Crippen LogP contribution in [0.5, 0.6) is 0 Å². The van der Waals surface area contributed by atoms with E-state index >= 15 is 0 Å². The summed E-state index contributed by atoms with van der Waals surface area (Å²) in [6.45, 7) is 4.42. The Kier molecular flexibility index (Phi) is 5.69. The van der Waals surface area contributed by atoms with Gasteiger partial charge in [-0.25, -0.2) is 0 Å². The second-order valence-corrected chi connectivity index (χ2v) is 7.78. The van der Waals surface area contributed by atoms with Gasteiger partial charge in [-0.05, 0) is 35.9 Å². The minimum atomic E-state index is -0.104. The molecular formula is C22H21N3O3S. The summed E-state index contributed by atoms with van der Waals surface area (Å²) in [5.74, 6) is -0.111. The third-order valence-electron chi connectivity index (χ3n) is 4.69. The van der Waals surface area contributed by atoms with Gasteiger partial charge in [0.25, 0.3) is 0 Å². The van der Waals surface area contributed by atoms with Crippen molar-refractivity contribution in [3.8, 4) is 11.1 Å². The van der Waals surface area contributed by atoms with Crippen molar-refractivity contribution >= 4 is 33.7 Å². The maximum Gasteiger partial charge on any atom is 0.221 e. The number of thiophene rings is 1. The van der Waals surface area contributed by atoms with Gasteiger partial charge in [-0.3, -0.25) is 14.6 Å². The van der Waals surface area contributed by atoms with E-state index in [1.165, 1.54) is 18.3 Å². The molecule has 0 aliphatic carbocycles. The number of ketones is 1. The minimum Gasteiger partial charge on any atom is -0.378 e. The van der Waals surface area contributed by atoms with Crippen molar-refractivity contribution in [3.63, 3.8) is 0 Å². The normalized spacial score (nSPS) is 13.9. The van der Waals surface area contributed by atoms with E-state index in [2.05, 4.69) is 15.2 Å². The van der Waals surface area contributed by atoms with Crippen LogP contribution in [0.25, 0.3) is 11.1 Å². The van der Waals surface area contributed by atoms with Crippen molar-refractivity contribution in [2.24, 2.45) is 0 Å². The summed E-state index contributed by atoms with van der Waals surface area (Å²) in [6, 6.07) is 13.1. The van der Waals surface area contributed by atoms with E-state index in [1.54, 1.807) is 24.5 Å². The van der Waals surface area contributed by atoms with Crippen LogP contribution in [0, 0.1) is 0 Å². The highest BCUT2D eigenvalue weighted by molar-refractivity contribution is 7.18. The average Bonchev–Trinajstić information content (AvgIpc) is 3.20. The fraction of sp³-hybridized carbons (Fsp3) is 0.227. The molecule has 1 aliphatic heterocycles. The number of benzene rings is 1. The van der Waals surface area contributed by atoms with E-state index in [9.17, 15) is 9.59 Å². The van der Waals surface area contributed by atoms with Crippen LogP contribution in [-0.4, -0.2) is 43.0 Å². The number of rotatable bonds is 5. The Hall–Kier alpha value is -3.03. The molecule has 148 valence electrons. The number of hydrogen-bond acceptors (Lipinski definition) is 6. The molecule has 7 heteroatoms. The highest BCUT2D eigenvalue weighted by atomic mass is 32.1. The number of pyridine rings is 1. The lowest BCUT2D eigenvalue weighted by Gasteiger charge is -2.28. The quantitative estimate of drug-likeness (QED) is 0.651. The van der Waals surface area contributed by atoms with Gasteiger partial charge in [-0.15, -0.1) is 11.3 Å². The maximum atomic E-state index is 13.0. The summed E-state index contributed by atoms with van der Waals surface area (Å²) in [7, 11) is 0. The van der Waals surface area contributed by atoms with Gasteiger partial charge in [0.1, 0.15) is 0 Å². The van der Waals surface area contributed by atoms with Crippen molar-refractivity contribution in [1.82, 2.24) is 4.98 Å². The van der Waals surface area contributed by atoms with Crippen LogP contribution in [0.4, 0.5) is 10.7 Å². The molecular weight excluding hydrogens is 386 g/mol. The Morgan fingerprint density at radius 2 is 1.76 bits per heavy atom. The Morgan fingerprint density at radius 1 is 1.07 bits per heavy atom.